The van der Waals surface area contributed by atoms with Crippen LogP contribution in [0.1, 0.15) is 34.6 Å². The smallest absolute Gasteiger partial charge is 0.270 e. The topological polar surface area (TPSA) is 87.3 Å². The van der Waals surface area contributed by atoms with E-state index in [-0.39, 0.29) is 23.3 Å². The lowest BCUT2D eigenvalue weighted by molar-refractivity contribution is -0.384. The Balaban J connectivity index is 1.45. The fourth-order valence-corrected chi connectivity index (χ4v) is 5.61. The molecule has 0 N–H and O–H groups in total. The highest BCUT2D eigenvalue weighted by atomic mass is 32.2. The quantitative estimate of drug-likeness (QED) is 0.232. The Hall–Kier alpha value is -2.23. The highest BCUT2D eigenvalue weighted by Crippen LogP contribution is 2.32. The molecule has 29 heavy (non-hydrogen) atoms. The number of ketones is 1. The molecule has 1 saturated heterocycles. The molecule has 4 rings (SSSR count). The summed E-state index contributed by atoms with van der Waals surface area (Å²) < 4.78 is 9.40. The van der Waals surface area contributed by atoms with Gasteiger partial charge in [-0.1, -0.05) is 11.8 Å². The second kappa shape index (κ2) is 8.25. The number of fused-ring (bicyclic) bond motifs is 1. The maximum absolute atomic E-state index is 12.8. The van der Waals surface area contributed by atoms with Crippen LogP contribution in [0.3, 0.4) is 0 Å². The van der Waals surface area contributed by atoms with Gasteiger partial charge in [0.1, 0.15) is 0 Å². The van der Waals surface area contributed by atoms with Gasteiger partial charge in [-0.2, -0.15) is 0 Å². The number of nitro benzene ring substituents is 1. The number of thiazole rings is 1. The number of nitrogens with zero attached hydrogens (tertiary/aromatic N) is 3. The minimum Gasteiger partial charge on any atom is -0.376 e. The van der Waals surface area contributed by atoms with Gasteiger partial charge in [-0.25, -0.2) is 4.98 Å². The Kier molecular flexibility index (Phi) is 5.71. The molecule has 0 saturated carbocycles. The van der Waals surface area contributed by atoms with Gasteiger partial charge in [0, 0.05) is 42.2 Å². The number of nitro groups is 1. The van der Waals surface area contributed by atoms with Crippen molar-refractivity contribution in [2.24, 2.45) is 0 Å². The number of ether oxygens (including phenoxy) is 1. The number of Topliss-reactive ketones (excluding diaryl/α,β-unsaturated/α-hetero) is 1. The van der Waals surface area contributed by atoms with Crippen LogP contribution in [0.5, 0.6) is 0 Å². The first-order valence-electron chi connectivity index (χ1n) is 9.41. The Morgan fingerprint density at radius 1 is 1.41 bits per heavy atom. The summed E-state index contributed by atoms with van der Waals surface area (Å²) in [4.78, 5) is 27.8. The zero-order chi connectivity index (χ0) is 20.5. The van der Waals surface area contributed by atoms with Gasteiger partial charge in [-0.3, -0.25) is 14.9 Å². The van der Waals surface area contributed by atoms with Crippen LogP contribution in [0.2, 0.25) is 0 Å². The van der Waals surface area contributed by atoms with Gasteiger partial charge in [0.05, 0.1) is 27.0 Å². The van der Waals surface area contributed by atoms with Gasteiger partial charge in [-0.15, -0.1) is 11.3 Å². The number of aryl methyl sites for hydroxylation is 1. The molecule has 1 atom stereocenters. The summed E-state index contributed by atoms with van der Waals surface area (Å²) in [5.41, 5.74) is 3.55. The number of non-ortho nitro benzene ring substituents is 1. The molecule has 152 valence electrons. The second-order valence-corrected chi connectivity index (χ2v) is 9.38. The molecule has 9 heteroatoms. The van der Waals surface area contributed by atoms with Crippen LogP contribution in [0.25, 0.3) is 10.2 Å². The minimum atomic E-state index is -0.415. The van der Waals surface area contributed by atoms with E-state index in [0.717, 1.165) is 52.0 Å². The number of rotatable bonds is 7. The molecule has 7 nitrogen and oxygen atoms in total. The molecule has 1 aliphatic rings. The highest BCUT2D eigenvalue weighted by Gasteiger charge is 2.21. The van der Waals surface area contributed by atoms with E-state index in [1.54, 1.807) is 6.07 Å². The lowest BCUT2D eigenvalue weighted by Gasteiger charge is -2.14. The molecular formula is C20H21N3O4S2. The lowest BCUT2D eigenvalue weighted by atomic mass is 10.2. The summed E-state index contributed by atoms with van der Waals surface area (Å²) >= 11 is 2.75. The molecule has 1 fully saturated rings. The molecular weight excluding hydrogens is 410 g/mol. The predicted molar refractivity (Wildman–Crippen MR) is 114 cm³/mol. The number of hydrogen-bond donors (Lipinski definition) is 0. The van der Waals surface area contributed by atoms with Crippen molar-refractivity contribution in [1.82, 2.24) is 9.55 Å². The number of aromatic nitrogens is 2. The van der Waals surface area contributed by atoms with Crippen molar-refractivity contribution in [1.29, 1.82) is 0 Å². The average molecular weight is 432 g/mol. The molecule has 1 aromatic carbocycles. The van der Waals surface area contributed by atoms with E-state index in [9.17, 15) is 14.9 Å². The van der Waals surface area contributed by atoms with Crippen LogP contribution in [0.15, 0.2) is 28.6 Å². The normalized spacial score (nSPS) is 16.6. The van der Waals surface area contributed by atoms with Crippen molar-refractivity contribution in [2.75, 3.05) is 12.4 Å². The van der Waals surface area contributed by atoms with Gasteiger partial charge in [0.25, 0.3) is 5.69 Å². The first-order valence-corrected chi connectivity index (χ1v) is 11.2. The zero-order valence-corrected chi connectivity index (χ0v) is 17.8. The van der Waals surface area contributed by atoms with Crippen molar-refractivity contribution < 1.29 is 14.5 Å². The average Bonchev–Trinajstić information content (AvgIpc) is 3.41. The fourth-order valence-electron chi connectivity index (χ4n) is 3.63. The van der Waals surface area contributed by atoms with Crippen LogP contribution in [-0.2, 0) is 11.3 Å². The van der Waals surface area contributed by atoms with E-state index >= 15 is 0 Å². The van der Waals surface area contributed by atoms with Crippen LogP contribution in [0, 0.1) is 24.0 Å². The number of benzene rings is 1. The molecule has 0 radical (unpaired) electrons. The second-order valence-electron chi connectivity index (χ2n) is 7.13. The van der Waals surface area contributed by atoms with Crippen molar-refractivity contribution in [3.05, 3.63) is 51.3 Å². The lowest BCUT2D eigenvalue weighted by Crippen LogP contribution is -2.17. The van der Waals surface area contributed by atoms with Crippen molar-refractivity contribution in [2.45, 2.75) is 43.7 Å². The van der Waals surface area contributed by atoms with Gasteiger partial charge in [0.2, 0.25) is 0 Å². The summed E-state index contributed by atoms with van der Waals surface area (Å²) in [6.07, 6.45) is 2.38. The van der Waals surface area contributed by atoms with E-state index in [0.29, 0.717) is 5.52 Å². The molecule has 3 aromatic rings. The Labute approximate surface area is 176 Å². The van der Waals surface area contributed by atoms with Crippen LogP contribution >= 0.6 is 23.1 Å². The maximum Gasteiger partial charge on any atom is 0.270 e. The fraction of sp³-hybridized carbons (Fsp3) is 0.400. The third-order valence-electron chi connectivity index (χ3n) is 5.17. The van der Waals surface area contributed by atoms with Crippen LogP contribution < -0.4 is 0 Å². The molecule has 2 aromatic heterocycles. The molecule has 0 aliphatic carbocycles. The summed E-state index contributed by atoms with van der Waals surface area (Å²) in [7, 11) is 0. The van der Waals surface area contributed by atoms with E-state index in [1.165, 1.54) is 35.2 Å². The predicted octanol–water partition coefficient (Wildman–Crippen LogP) is 4.78. The third-order valence-corrected chi connectivity index (χ3v) is 7.34. The Bertz CT molecular complexity index is 1080. The minimum absolute atomic E-state index is 0.0486. The summed E-state index contributed by atoms with van der Waals surface area (Å²) in [6, 6.07) is 6.58. The number of hydrogen-bond acceptors (Lipinski definition) is 7. The number of carbonyl (C=O) groups excluding carboxylic acids is 1. The Morgan fingerprint density at radius 3 is 2.97 bits per heavy atom. The van der Waals surface area contributed by atoms with E-state index in [4.69, 9.17) is 4.74 Å². The van der Waals surface area contributed by atoms with Crippen molar-refractivity contribution >= 4 is 44.8 Å². The van der Waals surface area contributed by atoms with Crippen molar-refractivity contribution in [3.63, 3.8) is 0 Å². The third kappa shape index (κ3) is 4.22. The van der Waals surface area contributed by atoms with Crippen LogP contribution in [-0.4, -0.2) is 38.7 Å². The Morgan fingerprint density at radius 2 is 2.24 bits per heavy atom. The van der Waals surface area contributed by atoms with Crippen LogP contribution in [0.4, 0.5) is 5.69 Å². The van der Waals surface area contributed by atoms with Gasteiger partial charge >= 0.3 is 0 Å². The monoisotopic (exact) mass is 431 g/mol. The molecule has 0 spiro atoms. The summed E-state index contributed by atoms with van der Waals surface area (Å²) in [6.45, 7) is 5.61. The van der Waals surface area contributed by atoms with E-state index in [2.05, 4.69) is 9.55 Å². The molecule has 0 unspecified atom stereocenters. The number of carbonyl (C=O) groups is 1. The molecule has 0 bridgehead atoms. The van der Waals surface area contributed by atoms with Crippen molar-refractivity contribution in [3.8, 4) is 0 Å². The highest BCUT2D eigenvalue weighted by molar-refractivity contribution is 8.01. The SMILES string of the molecule is Cc1cc(C(=O)CSc2nc3ccc([N+](=O)[O-])cc3s2)c(C)n1C[C@H]1CCCO1. The van der Waals surface area contributed by atoms with E-state index < -0.39 is 4.92 Å². The van der Waals surface area contributed by atoms with Gasteiger partial charge < -0.3 is 9.30 Å². The standard InChI is InChI=1S/C20H21N3O4S2/c1-12-8-16(13(2)22(12)10-15-4-3-7-27-15)18(24)11-28-20-21-17-6-5-14(23(25)26)9-19(17)29-20/h5-6,8-9,15H,3-4,7,10-11H2,1-2H3/t15-/m1/s1. The number of thioether (sulfide) groups is 1. The summed E-state index contributed by atoms with van der Waals surface area (Å²) in [5, 5.41) is 10.9. The van der Waals surface area contributed by atoms with Gasteiger partial charge in [0.15, 0.2) is 10.1 Å². The first kappa shape index (κ1) is 20.1. The maximum atomic E-state index is 12.8. The largest absolute Gasteiger partial charge is 0.376 e. The molecule has 3 heterocycles. The first-order chi connectivity index (χ1) is 13.9. The molecule has 1 aliphatic heterocycles. The van der Waals surface area contributed by atoms with Gasteiger partial charge in [-0.05, 0) is 38.8 Å². The van der Waals surface area contributed by atoms with E-state index in [1.807, 2.05) is 19.9 Å². The molecule has 0 amide bonds. The summed E-state index contributed by atoms with van der Waals surface area (Å²) in [5.74, 6) is 0.346. The zero-order valence-electron chi connectivity index (χ0n) is 16.2.